The monoisotopic (exact) mass is 426 g/mol. The molecule has 1 aromatic rings. The summed E-state index contributed by atoms with van der Waals surface area (Å²) in [5.74, 6) is -1.37. The minimum atomic E-state index is -3.25. The fourth-order valence-electron chi connectivity index (χ4n) is 2.58. The van der Waals surface area contributed by atoms with Crippen LogP contribution in [0, 0.1) is 5.82 Å². The van der Waals surface area contributed by atoms with E-state index < -0.39 is 21.7 Å². The Morgan fingerprint density at radius 3 is 2.81 bits per heavy atom. The summed E-state index contributed by atoms with van der Waals surface area (Å²) in [6.07, 6.45) is 2.83. The summed E-state index contributed by atoms with van der Waals surface area (Å²) in [6.45, 7) is 0.0638. The predicted molar refractivity (Wildman–Crippen MR) is 106 cm³/mol. The third-order valence-electron chi connectivity index (χ3n) is 3.90. The SMILES string of the molecule is O=C(CCN1C(=O)/C(=C/c2ccccc2F)SC1=S)N[C@@H]1C=CS(=O)(=O)C1. The summed E-state index contributed by atoms with van der Waals surface area (Å²) < 4.78 is 36.7. The highest BCUT2D eigenvalue weighted by atomic mass is 32.2. The summed E-state index contributed by atoms with van der Waals surface area (Å²) in [5.41, 5.74) is 0.282. The molecule has 1 atom stereocenters. The summed E-state index contributed by atoms with van der Waals surface area (Å²) in [4.78, 5) is 26.1. The maximum Gasteiger partial charge on any atom is 0.266 e. The first-order valence-corrected chi connectivity index (χ1v) is 10.9. The van der Waals surface area contributed by atoms with Gasteiger partial charge < -0.3 is 5.32 Å². The third kappa shape index (κ3) is 4.82. The number of amides is 2. The quantitative estimate of drug-likeness (QED) is 0.572. The van der Waals surface area contributed by atoms with Crippen LogP contribution in [0.15, 0.2) is 40.7 Å². The topological polar surface area (TPSA) is 83.6 Å². The Kier molecular flexibility index (Phi) is 5.78. The Hall–Kier alpha value is -2.04. The normalized spacial score (nSPS) is 22.6. The van der Waals surface area contributed by atoms with E-state index in [4.69, 9.17) is 12.2 Å². The molecular weight excluding hydrogens is 411 g/mol. The highest BCUT2D eigenvalue weighted by Gasteiger charge is 2.32. The lowest BCUT2D eigenvalue weighted by Gasteiger charge is -2.15. The summed E-state index contributed by atoms with van der Waals surface area (Å²) in [7, 11) is -3.25. The number of halogens is 1. The minimum absolute atomic E-state index is 0.0240. The molecule has 0 saturated carbocycles. The van der Waals surface area contributed by atoms with E-state index in [9.17, 15) is 22.4 Å². The lowest BCUT2D eigenvalue weighted by atomic mass is 10.2. The number of thiocarbonyl (C=S) groups is 1. The average Bonchev–Trinajstić information content (AvgIpc) is 3.07. The lowest BCUT2D eigenvalue weighted by molar-refractivity contribution is -0.124. The van der Waals surface area contributed by atoms with Crippen LogP contribution < -0.4 is 5.32 Å². The van der Waals surface area contributed by atoms with Gasteiger partial charge in [-0.1, -0.05) is 42.2 Å². The molecule has 1 fully saturated rings. The van der Waals surface area contributed by atoms with Crippen molar-refractivity contribution in [2.45, 2.75) is 12.5 Å². The van der Waals surface area contributed by atoms with Gasteiger partial charge in [0.1, 0.15) is 10.1 Å². The van der Waals surface area contributed by atoms with Crippen LogP contribution in [0.3, 0.4) is 0 Å². The van der Waals surface area contributed by atoms with E-state index in [0.717, 1.165) is 17.2 Å². The minimum Gasteiger partial charge on any atom is -0.349 e. The van der Waals surface area contributed by atoms with Gasteiger partial charge in [0.25, 0.3) is 5.91 Å². The van der Waals surface area contributed by atoms with Crippen LogP contribution >= 0.6 is 24.0 Å². The first kappa shape index (κ1) is 19.7. The molecule has 0 spiro atoms. The average molecular weight is 427 g/mol. The van der Waals surface area contributed by atoms with Gasteiger partial charge in [-0.2, -0.15) is 0 Å². The van der Waals surface area contributed by atoms with E-state index in [-0.39, 0.29) is 41.0 Å². The first-order chi connectivity index (χ1) is 12.7. The number of hydrogen-bond donors (Lipinski definition) is 1. The number of rotatable bonds is 5. The Balaban J connectivity index is 1.59. The molecule has 0 aliphatic carbocycles. The lowest BCUT2D eigenvalue weighted by Crippen LogP contribution is -2.38. The highest BCUT2D eigenvalue weighted by molar-refractivity contribution is 8.26. The van der Waals surface area contributed by atoms with Gasteiger partial charge >= 0.3 is 0 Å². The van der Waals surface area contributed by atoms with E-state index in [1.807, 2.05) is 0 Å². The number of nitrogens with one attached hydrogen (secondary N) is 1. The van der Waals surface area contributed by atoms with Crippen molar-refractivity contribution in [1.82, 2.24) is 10.2 Å². The van der Waals surface area contributed by atoms with Crippen molar-refractivity contribution >= 4 is 56.0 Å². The molecule has 2 aliphatic heterocycles. The van der Waals surface area contributed by atoms with Gasteiger partial charge in [-0.15, -0.1) is 0 Å². The van der Waals surface area contributed by atoms with E-state index in [0.29, 0.717) is 4.32 Å². The molecule has 2 heterocycles. The van der Waals surface area contributed by atoms with Gasteiger partial charge in [-0.25, -0.2) is 12.8 Å². The van der Waals surface area contributed by atoms with E-state index in [1.165, 1.54) is 23.1 Å². The second-order valence-electron chi connectivity index (χ2n) is 5.94. The van der Waals surface area contributed by atoms with Gasteiger partial charge in [0.2, 0.25) is 5.91 Å². The van der Waals surface area contributed by atoms with Crippen LogP contribution in [0.2, 0.25) is 0 Å². The van der Waals surface area contributed by atoms with Gasteiger partial charge in [-0.05, 0) is 18.2 Å². The zero-order valence-electron chi connectivity index (χ0n) is 13.9. The fraction of sp³-hybridized carbons (Fsp3) is 0.235. The molecule has 0 radical (unpaired) electrons. The molecule has 1 aromatic carbocycles. The second kappa shape index (κ2) is 7.91. The number of thioether (sulfide) groups is 1. The zero-order valence-corrected chi connectivity index (χ0v) is 16.4. The predicted octanol–water partition coefficient (Wildman–Crippen LogP) is 1.84. The molecule has 2 aliphatic rings. The Morgan fingerprint density at radius 2 is 2.15 bits per heavy atom. The van der Waals surface area contributed by atoms with Crippen molar-refractivity contribution in [3.05, 3.63) is 52.0 Å². The maximum atomic E-state index is 13.8. The van der Waals surface area contributed by atoms with Crippen molar-refractivity contribution in [3.8, 4) is 0 Å². The Labute approximate surface area is 165 Å². The van der Waals surface area contributed by atoms with Crippen LogP contribution in [0.4, 0.5) is 4.39 Å². The molecule has 0 unspecified atom stereocenters. The van der Waals surface area contributed by atoms with Crippen LogP contribution in [0.25, 0.3) is 6.08 Å². The van der Waals surface area contributed by atoms with Crippen molar-refractivity contribution < 1.29 is 22.4 Å². The highest BCUT2D eigenvalue weighted by Crippen LogP contribution is 2.32. The van der Waals surface area contributed by atoms with Crippen molar-refractivity contribution in [1.29, 1.82) is 0 Å². The number of carbonyl (C=O) groups excluding carboxylic acids is 2. The molecule has 0 aromatic heterocycles. The molecule has 1 N–H and O–H groups in total. The van der Waals surface area contributed by atoms with Crippen molar-refractivity contribution in [3.63, 3.8) is 0 Å². The molecule has 2 amide bonds. The van der Waals surface area contributed by atoms with Gasteiger partial charge in [0.05, 0.1) is 16.7 Å². The number of carbonyl (C=O) groups is 2. The van der Waals surface area contributed by atoms with E-state index in [1.54, 1.807) is 18.2 Å². The van der Waals surface area contributed by atoms with Crippen LogP contribution in [0.1, 0.15) is 12.0 Å². The molecule has 142 valence electrons. The molecular formula is C17H15FN2O4S3. The Bertz CT molecular complexity index is 972. The van der Waals surface area contributed by atoms with Crippen molar-refractivity contribution in [2.75, 3.05) is 12.3 Å². The van der Waals surface area contributed by atoms with Gasteiger partial charge in [-0.3, -0.25) is 14.5 Å². The smallest absolute Gasteiger partial charge is 0.266 e. The van der Waals surface area contributed by atoms with Crippen LogP contribution in [0.5, 0.6) is 0 Å². The van der Waals surface area contributed by atoms with Crippen LogP contribution in [-0.2, 0) is 19.4 Å². The third-order valence-corrected chi connectivity index (χ3v) is 6.68. The molecule has 1 saturated heterocycles. The Morgan fingerprint density at radius 1 is 1.41 bits per heavy atom. The molecule has 10 heteroatoms. The van der Waals surface area contributed by atoms with Crippen LogP contribution in [-0.4, -0.2) is 47.8 Å². The molecule has 0 bridgehead atoms. The van der Waals surface area contributed by atoms with Gasteiger partial charge in [0.15, 0.2) is 9.84 Å². The molecule has 6 nitrogen and oxygen atoms in total. The number of hydrogen-bond acceptors (Lipinski definition) is 6. The summed E-state index contributed by atoms with van der Waals surface area (Å²) in [6, 6.07) is 5.51. The zero-order chi connectivity index (χ0) is 19.6. The number of nitrogens with zero attached hydrogens (tertiary/aromatic N) is 1. The number of sulfone groups is 1. The van der Waals surface area contributed by atoms with E-state index >= 15 is 0 Å². The molecule has 3 rings (SSSR count). The van der Waals surface area contributed by atoms with Gasteiger partial charge in [0, 0.05) is 23.9 Å². The summed E-state index contributed by atoms with van der Waals surface area (Å²) >= 11 is 6.23. The second-order valence-corrected chi connectivity index (χ2v) is 9.54. The largest absolute Gasteiger partial charge is 0.349 e. The fourth-order valence-corrected chi connectivity index (χ4v) is 5.12. The molecule has 27 heavy (non-hydrogen) atoms. The standard InChI is InChI=1S/C17H15FN2O4S3/c18-13-4-2-1-3-11(13)9-14-16(22)20(17(25)26-14)7-5-15(21)19-12-6-8-27(23,24)10-12/h1-4,6,8-9,12H,5,7,10H2,(H,19,21)/b14-9-/t12-/m1/s1. The maximum absolute atomic E-state index is 13.8. The first-order valence-electron chi connectivity index (χ1n) is 7.95. The number of benzene rings is 1. The summed E-state index contributed by atoms with van der Waals surface area (Å²) in [5, 5.41) is 3.67. The van der Waals surface area contributed by atoms with E-state index in [2.05, 4.69) is 5.32 Å². The van der Waals surface area contributed by atoms with Crippen molar-refractivity contribution in [2.24, 2.45) is 0 Å².